The van der Waals surface area contributed by atoms with Gasteiger partial charge < -0.3 is 9.80 Å². The lowest BCUT2D eigenvalue weighted by atomic mass is 9.98. The first-order chi connectivity index (χ1) is 9.59. The standard InChI is InChI=1S/C17H26N2OS/c1-8-12-14(13-10-9-11-21-13)19(17(5,6)7)15(20)18(12)16(2,3)4/h8-12,14H,1H2,2-7H3/t12-,14+/m1/s1. The third-order valence-electron chi connectivity index (χ3n) is 3.83. The molecule has 116 valence electrons. The summed E-state index contributed by atoms with van der Waals surface area (Å²) in [5.74, 6) is 0. The van der Waals surface area contributed by atoms with Crippen molar-refractivity contribution in [1.82, 2.24) is 9.80 Å². The molecule has 1 aromatic rings. The zero-order valence-electron chi connectivity index (χ0n) is 13.9. The highest BCUT2D eigenvalue weighted by molar-refractivity contribution is 7.10. The van der Waals surface area contributed by atoms with Gasteiger partial charge in [0.25, 0.3) is 0 Å². The van der Waals surface area contributed by atoms with E-state index in [4.69, 9.17) is 0 Å². The summed E-state index contributed by atoms with van der Waals surface area (Å²) in [7, 11) is 0. The number of nitrogens with zero attached hydrogens (tertiary/aromatic N) is 2. The highest BCUT2D eigenvalue weighted by Crippen LogP contribution is 2.44. The van der Waals surface area contributed by atoms with Crippen molar-refractivity contribution in [2.45, 2.75) is 64.7 Å². The van der Waals surface area contributed by atoms with Crippen LogP contribution in [0.4, 0.5) is 4.79 Å². The minimum Gasteiger partial charge on any atom is -0.311 e. The number of urea groups is 1. The molecule has 0 bridgehead atoms. The van der Waals surface area contributed by atoms with Gasteiger partial charge in [-0.1, -0.05) is 12.1 Å². The Hall–Kier alpha value is -1.29. The van der Waals surface area contributed by atoms with Crippen molar-refractivity contribution in [3.8, 4) is 0 Å². The van der Waals surface area contributed by atoms with E-state index in [0.29, 0.717) is 0 Å². The number of rotatable bonds is 2. The van der Waals surface area contributed by atoms with Crippen molar-refractivity contribution in [1.29, 1.82) is 0 Å². The van der Waals surface area contributed by atoms with Crippen LogP contribution in [0.5, 0.6) is 0 Å². The molecule has 2 heterocycles. The van der Waals surface area contributed by atoms with Crippen LogP contribution in [0.1, 0.15) is 52.5 Å². The summed E-state index contributed by atoms with van der Waals surface area (Å²) in [5.41, 5.74) is -0.460. The van der Waals surface area contributed by atoms with E-state index in [1.807, 2.05) is 21.9 Å². The molecule has 1 fully saturated rings. The van der Waals surface area contributed by atoms with Crippen molar-refractivity contribution >= 4 is 17.4 Å². The van der Waals surface area contributed by atoms with E-state index in [1.165, 1.54) is 4.88 Å². The predicted molar refractivity (Wildman–Crippen MR) is 89.6 cm³/mol. The maximum Gasteiger partial charge on any atom is 0.322 e. The number of hydrogen-bond acceptors (Lipinski definition) is 2. The molecule has 0 aromatic carbocycles. The SMILES string of the molecule is C=C[C@@H]1[C@@H](c2cccs2)N(C(C)(C)C)C(=O)N1C(C)(C)C. The van der Waals surface area contributed by atoms with Gasteiger partial charge in [-0.25, -0.2) is 4.79 Å². The summed E-state index contributed by atoms with van der Waals surface area (Å²) in [5, 5.41) is 2.07. The van der Waals surface area contributed by atoms with Crippen molar-refractivity contribution in [2.24, 2.45) is 0 Å². The fraction of sp³-hybridized carbons (Fsp3) is 0.588. The summed E-state index contributed by atoms with van der Waals surface area (Å²) in [6.07, 6.45) is 1.92. The minimum absolute atomic E-state index is 0.00428. The zero-order valence-corrected chi connectivity index (χ0v) is 14.7. The first-order valence-electron chi connectivity index (χ1n) is 7.37. The van der Waals surface area contributed by atoms with E-state index in [-0.39, 0.29) is 29.2 Å². The maximum absolute atomic E-state index is 13.1. The lowest BCUT2D eigenvalue weighted by Gasteiger charge is -2.37. The van der Waals surface area contributed by atoms with Gasteiger partial charge in [0.1, 0.15) is 0 Å². The Morgan fingerprint density at radius 3 is 2.10 bits per heavy atom. The summed E-state index contributed by atoms with van der Waals surface area (Å²) in [4.78, 5) is 18.3. The Kier molecular flexibility index (Phi) is 3.96. The molecule has 2 rings (SSSR count). The van der Waals surface area contributed by atoms with Gasteiger partial charge in [0, 0.05) is 16.0 Å². The largest absolute Gasteiger partial charge is 0.322 e. The van der Waals surface area contributed by atoms with Crippen LogP contribution >= 0.6 is 11.3 Å². The highest BCUT2D eigenvalue weighted by Gasteiger charge is 2.52. The number of carbonyl (C=O) groups excluding carboxylic acids is 1. The van der Waals surface area contributed by atoms with Crippen molar-refractivity contribution in [2.75, 3.05) is 0 Å². The van der Waals surface area contributed by atoms with Crippen LogP contribution in [-0.2, 0) is 0 Å². The molecule has 0 radical (unpaired) electrons. The maximum atomic E-state index is 13.1. The molecule has 0 aliphatic carbocycles. The zero-order chi connectivity index (χ0) is 16.0. The Bertz CT molecular complexity index is 522. The van der Waals surface area contributed by atoms with Gasteiger partial charge in [0.15, 0.2) is 0 Å². The summed E-state index contributed by atoms with van der Waals surface area (Å²) < 4.78 is 0. The van der Waals surface area contributed by atoms with Crippen LogP contribution in [0.2, 0.25) is 0 Å². The average Bonchev–Trinajstić information content (AvgIpc) is 2.90. The second-order valence-electron chi connectivity index (χ2n) is 7.55. The summed E-state index contributed by atoms with van der Waals surface area (Å²) >= 11 is 1.71. The van der Waals surface area contributed by atoms with Gasteiger partial charge in [0.2, 0.25) is 0 Å². The second-order valence-corrected chi connectivity index (χ2v) is 8.53. The van der Waals surface area contributed by atoms with E-state index in [2.05, 4.69) is 59.6 Å². The highest BCUT2D eigenvalue weighted by atomic mass is 32.1. The quantitative estimate of drug-likeness (QED) is 0.728. The van der Waals surface area contributed by atoms with Crippen LogP contribution in [-0.4, -0.2) is 33.0 Å². The van der Waals surface area contributed by atoms with Crippen molar-refractivity contribution in [3.63, 3.8) is 0 Å². The minimum atomic E-state index is -0.231. The molecule has 2 amide bonds. The summed E-state index contributed by atoms with van der Waals surface area (Å²) in [6.45, 7) is 16.5. The van der Waals surface area contributed by atoms with Crippen LogP contribution in [0.3, 0.4) is 0 Å². The van der Waals surface area contributed by atoms with Gasteiger partial charge in [-0.3, -0.25) is 0 Å². The van der Waals surface area contributed by atoms with Gasteiger partial charge in [-0.15, -0.1) is 17.9 Å². The average molecular weight is 306 g/mol. The molecule has 1 aliphatic heterocycles. The molecule has 21 heavy (non-hydrogen) atoms. The molecular weight excluding hydrogens is 280 g/mol. The Balaban J connectivity index is 2.58. The molecule has 3 nitrogen and oxygen atoms in total. The molecule has 0 spiro atoms. The number of carbonyl (C=O) groups is 1. The Morgan fingerprint density at radius 2 is 1.71 bits per heavy atom. The van der Waals surface area contributed by atoms with Gasteiger partial charge in [-0.2, -0.15) is 0 Å². The predicted octanol–water partition coefficient (Wildman–Crippen LogP) is 4.68. The molecule has 1 aliphatic rings. The fourth-order valence-corrected chi connectivity index (χ4v) is 3.94. The first-order valence-corrected chi connectivity index (χ1v) is 8.25. The number of amides is 2. The lowest BCUT2D eigenvalue weighted by molar-refractivity contribution is 0.123. The Labute approximate surface area is 132 Å². The van der Waals surface area contributed by atoms with Crippen molar-refractivity contribution in [3.05, 3.63) is 35.0 Å². The van der Waals surface area contributed by atoms with Crippen LogP contribution in [0.15, 0.2) is 30.2 Å². The van der Waals surface area contributed by atoms with E-state index < -0.39 is 0 Å². The van der Waals surface area contributed by atoms with E-state index in [0.717, 1.165) is 0 Å². The second kappa shape index (κ2) is 5.16. The van der Waals surface area contributed by atoms with Gasteiger partial charge >= 0.3 is 6.03 Å². The molecule has 4 heteroatoms. The number of thiophene rings is 1. The summed E-state index contributed by atoms with van der Waals surface area (Å²) in [6, 6.07) is 4.29. The third kappa shape index (κ3) is 2.73. The molecule has 2 atom stereocenters. The molecule has 0 N–H and O–H groups in total. The lowest BCUT2D eigenvalue weighted by Crippen LogP contribution is -2.50. The van der Waals surface area contributed by atoms with Crippen LogP contribution < -0.4 is 0 Å². The topological polar surface area (TPSA) is 23.6 Å². The van der Waals surface area contributed by atoms with Crippen LogP contribution in [0.25, 0.3) is 0 Å². The van der Waals surface area contributed by atoms with E-state index in [9.17, 15) is 4.79 Å². The third-order valence-corrected chi connectivity index (χ3v) is 4.78. The van der Waals surface area contributed by atoms with Gasteiger partial charge in [0.05, 0.1) is 12.1 Å². The molecule has 1 saturated heterocycles. The van der Waals surface area contributed by atoms with Crippen LogP contribution in [0, 0.1) is 0 Å². The molecule has 0 saturated carbocycles. The van der Waals surface area contributed by atoms with Gasteiger partial charge in [-0.05, 0) is 53.0 Å². The fourth-order valence-electron chi connectivity index (χ4n) is 3.08. The molecule has 1 aromatic heterocycles. The smallest absolute Gasteiger partial charge is 0.311 e. The number of hydrogen-bond donors (Lipinski definition) is 0. The monoisotopic (exact) mass is 306 g/mol. The normalized spacial score (nSPS) is 23.8. The molecular formula is C17H26N2OS. The van der Waals surface area contributed by atoms with E-state index in [1.54, 1.807) is 11.3 Å². The Morgan fingerprint density at radius 1 is 1.14 bits per heavy atom. The molecule has 0 unspecified atom stereocenters. The first kappa shape index (κ1) is 16.1. The van der Waals surface area contributed by atoms with Crippen molar-refractivity contribution < 1.29 is 4.79 Å². The van der Waals surface area contributed by atoms with E-state index >= 15 is 0 Å².